The summed E-state index contributed by atoms with van der Waals surface area (Å²) in [5, 5.41) is 0. The lowest BCUT2D eigenvalue weighted by Gasteiger charge is -2.34. The molecule has 2 nitrogen and oxygen atoms in total. The predicted octanol–water partition coefficient (Wildman–Crippen LogP) is 2.57. The van der Waals surface area contributed by atoms with Crippen LogP contribution in [0.15, 0.2) is 24.3 Å². The zero-order valence-corrected chi connectivity index (χ0v) is 10.8. The van der Waals surface area contributed by atoms with Gasteiger partial charge >= 0.3 is 0 Å². The van der Waals surface area contributed by atoms with Gasteiger partial charge in [-0.25, -0.2) is 0 Å². The maximum Gasteiger partial charge on any atom is 0.0402 e. The summed E-state index contributed by atoms with van der Waals surface area (Å²) >= 11 is 0. The number of benzene rings is 1. The molecule has 0 amide bonds. The van der Waals surface area contributed by atoms with E-state index in [0.29, 0.717) is 6.04 Å². The lowest BCUT2D eigenvalue weighted by molar-refractivity contribution is 0.397. The second-order valence-corrected chi connectivity index (χ2v) is 6.09. The zero-order chi connectivity index (χ0) is 12.0. The topological polar surface area (TPSA) is 29.3 Å². The molecule has 1 heterocycles. The highest BCUT2D eigenvalue weighted by Crippen LogP contribution is 2.41. The second kappa shape index (κ2) is 3.74. The molecule has 2 unspecified atom stereocenters. The number of nitrogens with two attached hydrogens (primary N) is 1. The van der Waals surface area contributed by atoms with Crippen molar-refractivity contribution < 1.29 is 0 Å². The second-order valence-electron chi connectivity index (χ2n) is 6.09. The Bertz CT molecular complexity index is 421. The van der Waals surface area contributed by atoms with Crippen molar-refractivity contribution in [3.05, 3.63) is 29.8 Å². The van der Waals surface area contributed by atoms with Crippen LogP contribution >= 0.6 is 0 Å². The monoisotopic (exact) mass is 230 g/mol. The zero-order valence-electron chi connectivity index (χ0n) is 10.8. The fraction of sp³-hybridized carbons (Fsp3) is 0.600. The molecule has 3 rings (SSSR count). The van der Waals surface area contributed by atoms with Gasteiger partial charge in [-0.2, -0.15) is 0 Å². The van der Waals surface area contributed by atoms with Gasteiger partial charge in [0.2, 0.25) is 0 Å². The number of hydrogen-bond acceptors (Lipinski definition) is 2. The Morgan fingerprint density at radius 2 is 2.06 bits per heavy atom. The Balaban J connectivity index is 1.83. The first-order chi connectivity index (χ1) is 8.08. The van der Waals surface area contributed by atoms with E-state index in [1.165, 1.54) is 24.1 Å². The van der Waals surface area contributed by atoms with E-state index in [-0.39, 0.29) is 5.54 Å². The van der Waals surface area contributed by atoms with E-state index in [1.807, 2.05) is 0 Å². The van der Waals surface area contributed by atoms with Crippen LogP contribution in [0.1, 0.15) is 32.3 Å². The highest BCUT2D eigenvalue weighted by molar-refractivity contribution is 5.59. The molecule has 92 valence electrons. The lowest BCUT2D eigenvalue weighted by Crippen LogP contribution is -2.51. The molecule has 0 saturated heterocycles. The van der Waals surface area contributed by atoms with E-state index in [9.17, 15) is 0 Å². The van der Waals surface area contributed by atoms with Gasteiger partial charge in [0.1, 0.15) is 0 Å². The molecule has 1 aromatic rings. The molecule has 0 radical (unpaired) electrons. The van der Waals surface area contributed by atoms with Gasteiger partial charge < -0.3 is 10.6 Å². The molecule has 2 N–H and O–H groups in total. The van der Waals surface area contributed by atoms with Crippen LogP contribution in [-0.2, 0) is 6.42 Å². The van der Waals surface area contributed by atoms with Crippen molar-refractivity contribution in [1.29, 1.82) is 0 Å². The van der Waals surface area contributed by atoms with Gasteiger partial charge in [0.15, 0.2) is 0 Å². The molecular formula is C15H22N2. The SMILES string of the molecule is CC1Cc2ccccc2N1CC(C)(N)C1CC1. The van der Waals surface area contributed by atoms with Crippen molar-refractivity contribution in [3.63, 3.8) is 0 Å². The molecule has 1 fully saturated rings. The van der Waals surface area contributed by atoms with E-state index in [4.69, 9.17) is 5.73 Å². The Morgan fingerprint density at radius 3 is 2.76 bits per heavy atom. The summed E-state index contributed by atoms with van der Waals surface area (Å²) in [6.45, 7) is 5.52. The number of fused-ring (bicyclic) bond motifs is 1. The molecule has 2 atom stereocenters. The molecule has 1 aliphatic carbocycles. The largest absolute Gasteiger partial charge is 0.366 e. The summed E-state index contributed by atoms with van der Waals surface area (Å²) in [5.41, 5.74) is 9.34. The van der Waals surface area contributed by atoms with Crippen molar-refractivity contribution in [3.8, 4) is 0 Å². The van der Waals surface area contributed by atoms with Crippen LogP contribution in [0.2, 0.25) is 0 Å². The van der Waals surface area contributed by atoms with Gasteiger partial charge in [0, 0.05) is 23.8 Å². The maximum atomic E-state index is 6.48. The number of nitrogens with zero attached hydrogens (tertiary/aromatic N) is 1. The van der Waals surface area contributed by atoms with Crippen LogP contribution < -0.4 is 10.6 Å². The van der Waals surface area contributed by atoms with Crippen molar-refractivity contribution in [1.82, 2.24) is 0 Å². The van der Waals surface area contributed by atoms with Crippen molar-refractivity contribution in [2.75, 3.05) is 11.4 Å². The Morgan fingerprint density at radius 1 is 1.35 bits per heavy atom. The van der Waals surface area contributed by atoms with Gasteiger partial charge in [0.25, 0.3) is 0 Å². The van der Waals surface area contributed by atoms with Crippen LogP contribution in [0, 0.1) is 5.92 Å². The van der Waals surface area contributed by atoms with Gasteiger partial charge in [-0.1, -0.05) is 18.2 Å². The number of rotatable bonds is 3. The Kier molecular flexibility index (Phi) is 2.44. The Hall–Kier alpha value is -1.02. The van der Waals surface area contributed by atoms with Crippen LogP contribution in [0.4, 0.5) is 5.69 Å². The fourth-order valence-electron chi connectivity index (χ4n) is 3.11. The van der Waals surface area contributed by atoms with Crippen LogP contribution in [0.3, 0.4) is 0 Å². The molecular weight excluding hydrogens is 208 g/mol. The smallest absolute Gasteiger partial charge is 0.0402 e. The highest BCUT2D eigenvalue weighted by atomic mass is 15.2. The van der Waals surface area contributed by atoms with Gasteiger partial charge in [-0.15, -0.1) is 0 Å². The summed E-state index contributed by atoms with van der Waals surface area (Å²) in [6.07, 6.45) is 3.80. The van der Waals surface area contributed by atoms with E-state index in [1.54, 1.807) is 0 Å². The average Bonchev–Trinajstić information content (AvgIpc) is 3.07. The number of anilines is 1. The molecule has 1 saturated carbocycles. The van der Waals surface area contributed by atoms with Crippen molar-refractivity contribution in [2.45, 2.75) is 44.7 Å². The number of hydrogen-bond donors (Lipinski definition) is 1. The van der Waals surface area contributed by atoms with Crippen LogP contribution in [0.25, 0.3) is 0 Å². The lowest BCUT2D eigenvalue weighted by atomic mass is 9.96. The van der Waals surface area contributed by atoms with Gasteiger partial charge in [-0.3, -0.25) is 0 Å². The molecule has 1 aliphatic heterocycles. The van der Waals surface area contributed by atoms with Crippen molar-refractivity contribution in [2.24, 2.45) is 11.7 Å². The first-order valence-corrected chi connectivity index (χ1v) is 6.71. The van der Waals surface area contributed by atoms with E-state index in [0.717, 1.165) is 18.9 Å². The highest BCUT2D eigenvalue weighted by Gasteiger charge is 2.41. The molecule has 1 aromatic carbocycles. The van der Waals surface area contributed by atoms with Crippen molar-refractivity contribution >= 4 is 5.69 Å². The minimum atomic E-state index is -0.0221. The summed E-state index contributed by atoms with van der Waals surface area (Å²) in [7, 11) is 0. The molecule has 2 heteroatoms. The minimum absolute atomic E-state index is 0.0221. The summed E-state index contributed by atoms with van der Waals surface area (Å²) in [4.78, 5) is 2.51. The minimum Gasteiger partial charge on any atom is -0.366 e. The Labute approximate surface area is 104 Å². The summed E-state index contributed by atoms with van der Waals surface area (Å²) in [5.74, 6) is 0.738. The average molecular weight is 230 g/mol. The summed E-state index contributed by atoms with van der Waals surface area (Å²) < 4.78 is 0. The van der Waals surface area contributed by atoms with E-state index < -0.39 is 0 Å². The maximum absolute atomic E-state index is 6.48. The molecule has 2 aliphatic rings. The third-order valence-electron chi connectivity index (χ3n) is 4.37. The quantitative estimate of drug-likeness (QED) is 0.864. The third kappa shape index (κ3) is 1.95. The van der Waals surface area contributed by atoms with Gasteiger partial charge in [-0.05, 0) is 50.7 Å². The molecule has 0 bridgehead atoms. The van der Waals surface area contributed by atoms with Crippen LogP contribution in [0.5, 0.6) is 0 Å². The predicted molar refractivity (Wildman–Crippen MR) is 72.3 cm³/mol. The summed E-state index contributed by atoms with van der Waals surface area (Å²) in [6, 6.07) is 9.35. The van der Waals surface area contributed by atoms with Gasteiger partial charge in [0.05, 0.1) is 0 Å². The fourth-order valence-corrected chi connectivity index (χ4v) is 3.11. The first-order valence-electron chi connectivity index (χ1n) is 6.71. The molecule has 17 heavy (non-hydrogen) atoms. The molecule has 0 aromatic heterocycles. The normalized spacial score (nSPS) is 26.8. The standard InChI is InChI=1S/C15H22N2/c1-11-9-12-5-3-4-6-14(12)17(11)10-15(2,16)13-7-8-13/h3-6,11,13H,7-10,16H2,1-2H3. The molecule has 0 spiro atoms. The van der Waals surface area contributed by atoms with Crippen LogP contribution in [-0.4, -0.2) is 18.1 Å². The van der Waals surface area contributed by atoms with E-state index >= 15 is 0 Å². The number of para-hydroxylation sites is 1. The third-order valence-corrected chi connectivity index (χ3v) is 4.37. The first kappa shape index (κ1) is 11.1. The van der Waals surface area contributed by atoms with E-state index in [2.05, 4.69) is 43.0 Å².